The molecule has 0 fully saturated rings. The largest absolute Gasteiger partial charge is 0.493 e. The maximum Gasteiger partial charge on any atom is 0.322 e. The Kier molecular flexibility index (Phi) is 3.95. The summed E-state index contributed by atoms with van der Waals surface area (Å²) < 4.78 is 20.8. The monoisotopic (exact) mass is 301 g/mol. The van der Waals surface area contributed by atoms with Crippen molar-refractivity contribution >= 4 is 6.01 Å². The predicted molar refractivity (Wildman–Crippen MR) is 78.9 cm³/mol. The van der Waals surface area contributed by atoms with E-state index in [1.54, 1.807) is 32.6 Å². The Morgan fingerprint density at radius 2 is 2.00 bits per heavy atom. The summed E-state index contributed by atoms with van der Waals surface area (Å²) in [5.74, 6) is 2.49. The Morgan fingerprint density at radius 1 is 1.14 bits per heavy atom. The maximum atomic E-state index is 5.26. The third-order valence-electron chi connectivity index (χ3n) is 3.06. The first-order valence-corrected chi connectivity index (χ1v) is 6.62. The number of nitrogens with zero attached hydrogens (tertiary/aromatic N) is 2. The summed E-state index contributed by atoms with van der Waals surface area (Å²) in [7, 11) is 3.16. The zero-order valence-corrected chi connectivity index (χ0v) is 12.2. The summed E-state index contributed by atoms with van der Waals surface area (Å²) in [5, 5.41) is 6.94. The van der Waals surface area contributed by atoms with Gasteiger partial charge in [-0.25, -0.2) is 0 Å². The first-order chi connectivity index (χ1) is 10.8. The molecule has 0 spiro atoms. The molecule has 0 aliphatic rings. The zero-order chi connectivity index (χ0) is 15.4. The Labute approximate surface area is 126 Å². The maximum absolute atomic E-state index is 5.26. The van der Waals surface area contributed by atoms with Gasteiger partial charge in [0, 0.05) is 5.56 Å². The highest BCUT2D eigenvalue weighted by Crippen LogP contribution is 2.31. The van der Waals surface area contributed by atoms with Gasteiger partial charge in [-0.3, -0.25) is 0 Å². The third-order valence-corrected chi connectivity index (χ3v) is 3.06. The van der Waals surface area contributed by atoms with E-state index in [0.717, 1.165) is 11.3 Å². The van der Waals surface area contributed by atoms with Gasteiger partial charge in [-0.2, -0.15) is 4.98 Å². The molecule has 1 N–H and O–H groups in total. The van der Waals surface area contributed by atoms with E-state index in [1.807, 2.05) is 18.2 Å². The van der Waals surface area contributed by atoms with Crippen LogP contribution in [0.4, 0.5) is 6.01 Å². The Morgan fingerprint density at radius 3 is 2.73 bits per heavy atom. The lowest BCUT2D eigenvalue weighted by atomic mass is 10.2. The molecule has 1 aromatic carbocycles. The van der Waals surface area contributed by atoms with Crippen molar-refractivity contribution in [1.29, 1.82) is 0 Å². The van der Waals surface area contributed by atoms with Crippen LogP contribution in [0.1, 0.15) is 5.76 Å². The first-order valence-electron chi connectivity index (χ1n) is 6.62. The molecule has 0 atom stereocenters. The fraction of sp³-hybridized carbons (Fsp3) is 0.200. The van der Waals surface area contributed by atoms with E-state index in [9.17, 15) is 0 Å². The van der Waals surface area contributed by atoms with Crippen molar-refractivity contribution in [2.45, 2.75) is 6.54 Å². The highest BCUT2D eigenvalue weighted by atomic mass is 16.5. The molecule has 2 heterocycles. The molecule has 0 aliphatic carbocycles. The van der Waals surface area contributed by atoms with Crippen LogP contribution >= 0.6 is 0 Å². The number of ether oxygens (including phenoxy) is 2. The Hall–Kier alpha value is -2.96. The fourth-order valence-corrected chi connectivity index (χ4v) is 1.96. The lowest BCUT2D eigenvalue weighted by molar-refractivity contribution is 0.355. The van der Waals surface area contributed by atoms with Crippen molar-refractivity contribution in [3.8, 4) is 22.9 Å². The van der Waals surface area contributed by atoms with Crippen LogP contribution in [0, 0.1) is 0 Å². The molecule has 0 saturated heterocycles. The molecular formula is C15H15N3O4. The van der Waals surface area contributed by atoms with Crippen molar-refractivity contribution in [3.05, 3.63) is 42.4 Å². The molecule has 0 unspecified atom stereocenters. The summed E-state index contributed by atoms with van der Waals surface area (Å²) in [6, 6.07) is 9.42. The molecule has 2 aromatic heterocycles. The minimum atomic E-state index is 0.321. The van der Waals surface area contributed by atoms with Crippen molar-refractivity contribution in [2.24, 2.45) is 0 Å². The van der Waals surface area contributed by atoms with Gasteiger partial charge in [-0.1, -0.05) is 5.16 Å². The predicted octanol–water partition coefficient (Wildman–Crippen LogP) is 2.96. The normalized spacial score (nSPS) is 10.5. The van der Waals surface area contributed by atoms with Crippen LogP contribution in [0.2, 0.25) is 0 Å². The molecule has 3 rings (SSSR count). The molecule has 0 bridgehead atoms. The van der Waals surface area contributed by atoms with Crippen LogP contribution in [0.25, 0.3) is 11.4 Å². The van der Waals surface area contributed by atoms with E-state index in [2.05, 4.69) is 15.5 Å². The number of nitrogens with one attached hydrogen (secondary N) is 1. The van der Waals surface area contributed by atoms with Gasteiger partial charge in [0.25, 0.3) is 0 Å². The van der Waals surface area contributed by atoms with E-state index in [-0.39, 0.29) is 0 Å². The molecule has 7 heteroatoms. The molecule has 0 amide bonds. The summed E-state index contributed by atoms with van der Waals surface area (Å²) in [6.07, 6.45) is 1.61. The van der Waals surface area contributed by atoms with Crippen LogP contribution in [0.15, 0.2) is 45.5 Å². The number of anilines is 1. The summed E-state index contributed by atoms with van der Waals surface area (Å²) in [4.78, 5) is 4.28. The summed E-state index contributed by atoms with van der Waals surface area (Å²) in [5.41, 5.74) is 0.771. The molecule has 0 radical (unpaired) electrons. The lowest BCUT2D eigenvalue weighted by Crippen LogP contribution is -1.98. The molecule has 3 aromatic rings. The van der Waals surface area contributed by atoms with Gasteiger partial charge >= 0.3 is 6.01 Å². The number of benzene rings is 1. The summed E-state index contributed by atoms with van der Waals surface area (Å²) in [6.45, 7) is 0.473. The molecule has 0 aliphatic heterocycles. The van der Waals surface area contributed by atoms with Gasteiger partial charge in [0.05, 0.1) is 27.0 Å². The molecule has 114 valence electrons. The van der Waals surface area contributed by atoms with Crippen molar-refractivity contribution in [2.75, 3.05) is 19.5 Å². The molecule has 0 saturated carbocycles. The topological polar surface area (TPSA) is 82.6 Å². The van der Waals surface area contributed by atoms with Gasteiger partial charge in [0.1, 0.15) is 5.76 Å². The van der Waals surface area contributed by atoms with Gasteiger partial charge < -0.3 is 23.7 Å². The number of hydrogen-bond acceptors (Lipinski definition) is 7. The number of hydrogen-bond donors (Lipinski definition) is 1. The minimum absolute atomic E-state index is 0.321. The van der Waals surface area contributed by atoms with Gasteiger partial charge in [0.15, 0.2) is 11.5 Å². The van der Waals surface area contributed by atoms with Gasteiger partial charge in [0.2, 0.25) is 5.82 Å². The quantitative estimate of drug-likeness (QED) is 0.749. The smallest absolute Gasteiger partial charge is 0.322 e. The number of aromatic nitrogens is 2. The first kappa shape index (κ1) is 14.0. The number of furan rings is 1. The SMILES string of the molecule is COc1ccc(-c2noc(NCc3ccco3)n2)cc1OC. The van der Waals surface area contributed by atoms with Crippen molar-refractivity contribution < 1.29 is 18.4 Å². The molecule has 7 nitrogen and oxygen atoms in total. The van der Waals surface area contributed by atoms with Crippen LogP contribution in [-0.2, 0) is 6.54 Å². The third kappa shape index (κ3) is 2.88. The van der Waals surface area contributed by atoms with Crippen LogP contribution in [-0.4, -0.2) is 24.4 Å². The van der Waals surface area contributed by atoms with Crippen molar-refractivity contribution in [1.82, 2.24) is 10.1 Å². The van der Waals surface area contributed by atoms with E-state index < -0.39 is 0 Å². The highest BCUT2D eigenvalue weighted by Gasteiger charge is 2.12. The molecular weight excluding hydrogens is 286 g/mol. The standard InChI is InChI=1S/C15H15N3O4/c1-19-12-6-5-10(8-13(12)20-2)14-17-15(22-18-14)16-9-11-4-3-7-21-11/h3-8H,9H2,1-2H3,(H,16,17,18). The van der Waals surface area contributed by atoms with Gasteiger partial charge in [-0.15, -0.1) is 0 Å². The average Bonchev–Trinajstić information content (AvgIpc) is 3.23. The Bertz CT molecular complexity index is 737. The van der Waals surface area contributed by atoms with E-state index in [1.165, 1.54) is 0 Å². The second kappa shape index (κ2) is 6.21. The van der Waals surface area contributed by atoms with Gasteiger partial charge in [-0.05, 0) is 30.3 Å². The van der Waals surface area contributed by atoms with E-state index in [0.29, 0.717) is 29.9 Å². The van der Waals surface area contributed by atoms with Crippen LogP contribution in [0.3, 0.4) is 0 Å². The van der Waals surface area contributed by atoms with Crippen LogP contribution < -0.4 is 14.8 Å². The van der Waals surface area contributed by atoms with Crippen molar-refractivity contribution in [3.63, 3.8) is 0 Å². The average molecular weight is 301 g/mol. The second-order valence-electron chi connectivity index (χ2n) is 4.43. The number of methoxy groups -OCH3 is 2. The van der Waals surface area contributed by atoms with E-state index in [4.69, 9.17) is 18.4 Å². The lowest BCUT2D eigenvalue weighted by Gasteiger charge is -2.07. The molecule has 22 heavy (non-hydrogen) atoms. The summed E-state index contributed by atoms with van der Waals surface area (Å²) >= 11 is 0. The zero-order valence-electron chi connectivity index (χ0n) is 12.2. The van der Waals surface area contributed by atoms with Crippen LogP contribution in [0.5, 0.6) is 11.5 Å². The number of rotatable bonds is 6. The highest BCUT2D eigenvalue weighted by molar-refractivity contribution is 5.61. The Balaban J connectivity index is 1.75. The fourth-order valence-electron chi connectivity index (χ4n) is 1.96. The second-order valence-corrected chi connectivity index (χ2v) is 4.43. The minimum Gasteiger partial charge on any atom is -0.493 e. The van der Waals surface area contributed by atoms with E-state index >= 15 is 0 Å².